The number of aryl methyl sites for hydroxylation is 3. The molecule has 0 saturated carbocycles. The third-order valence-electron chi connectivity index (χ3n) is 4.85. The number of carbonyl (C=O) groups excluding carboxylic acids is 1. The molecule has 0 unspecified atom stereocenters. The van der Waals surface area contributed by atoms with E-state index in [1.54, 1.807) is 0 Å². The second-order valence-electron chi connectivity index (χ2n) is 6.41. The first-order valence-electron chi connectivity index (χ1n) is 7.68. The van der Waals surface area contributed by atoms with E-state index in [1.165, 1.54) is 16.7 Å². The summed E-state index contributed by atoms with van der Waals surface area (Å²) in [6.07, 6.45) is 1.52. The molecule has 0 spiro atoms. The number of nitrogens with one attached hydrogen (secondary N) is 1. The summed E-state index contributed by atoms with van der Waals surface area (Å²) in [6, 6.07) is 6.50. The number of nitrogens with zero attached hydrogens (tertiary/aromatic N) is 1. The Balaban J connectivity index is 0.00000161. The first-order chi connectivity index (χ1) is 9.63. The van der Waals surface area contributed by atoms with Gasteiger partial charge in [0.2, 0.25) is 5.91 Å². The molecule has 2 aliphatic heterocycles. The standard InChI is InChI=1S/C17H24N2O.ClH/c1-12-3-4-14(13(2)7-12)5-6-17(20)19-10-15-8-18-9-16(15)11-19;/h3-4,7,15-16,18H,5-6,8-11H2,1-2H3;1H/t15-,16+;. The lowest BCUT2D eigenvalue weighted by atomic mass is 10.0. The number of rotatable bonds is 3. The van der Waals surface area contributed by atoms with Crippen molar-refractivity contribution in [2.45, 2.75) is 26.7 Å². The van der Waals surface area contributed by atoms with E-state index in [-0.39, 0.29) is 12.4 Å². The molecular weight excluding hydrogens is 284 g/mol. The second-order valence-corrected chi connectivity index (χ2v) is 6.41. The van der Waals surface area contributed by atoms with Crippen LogP contribution < -0.4 is 5.32 Å². The van der Waals surface area contributed by atoms with E-state index in [1.807, 2.05) is 0 Å². The zero-order valence-corrected chi connectivity index (χ0v) is 13.7. The normalized spacial score (nSPS) is 23.8. The van der Waals surface area contributed by atoms with Gasteiger partial charge in [-0.2, -0.15) is 0 Å². The van der Waals surface area contributed by atoms with Crippen LogP contribution in [0.5, 0.6) is 0 Å². The lowest BCUT2D eigenvalue weighted by molar-refractivity contribution is -0.130. The Morgan fingerprint density at radius 3 is 2.52 bits per heavy atom. The van der Waals surface area contributed by atoms with Gasteiger partial charge in [-0.1, -0.05) is 23.8 Å². The highest BCUT2D eigenvalue weighted by Crippen LogP contribution is 2.27. The SMILES string of the molecule is Cc1ccc(CCC(=O)N2C[C@H]3CNC[C@H]3C2)c(C)c1.Cl. The molecule has 2 saturated heterocycles. The van der Waals surface area contributed by atoms with Gasteiger partial charge in [-0.25, -0.2) is 0 Å². The molecule has 1 aromatic carbocycles. The number of benzene rings is 1. The van der Waals surface area contributed by atoms with Crippen LogP contribution in [0.25, 0.3) is 0 Å². The summed E-state index contributed by atoms with van der Waals surface area (Å²) in [6.45, 7) is 8.35. The van der Waals surface area contributed by atoms with Gasteiger partial charge in [0.15, 0.2) is 0 Å². The monoisotopic (exact) mass is 308 g/mol. The van der Waals surface area contributed by atoms with Crippen molar-refractivity contribution in [3.63, 3.8) is 0 Å². The van der Waals surface area contributed by atoms with Crippen molar-refractivity contribution in [1.29, 1.82) is 0 Å². The zero-order valence-electron chi connectivity index (χ0n) is 12.9. The van der Waals surface area contributed by atoms with Gasteiger partial charge in [-0.15, -0.1) is 12.4 Å². The molecule has 1 amide bonds. The van der Waals surface area contributed by atoms with E-state index in [9.17, 15) is 4.79 Å². The predicted molar refractivity (Wildman–Crippen MR) is 87.9 cm³/mol. The first kappa shape index (κ1) is 16.3. The number of hydrogen-bond acceptors (Lipinski definition) is 2. The molecule has 2 atom stereocenters. The largest absolute Gasteiger partial charge is 0.342 e. The molecule has 4 heteroatoms. The summed E-state index contributed by atoms with van der Waals surface area (Å²) in [4.78, 5) is 14.4. The molecule has 0 aliphatic carbocycles. The van der Waals surface area contributed by atoms with Crippen LogP contribution >= 0.6 is 12.4 Å². The van der Waals surface area contributed by atoms with Crippen LogP contribution in [0.15, 0.2) is 18.2 Å². The topological polar surface area (TPSA) is 32.3 Å². The van der Waals surface area contributed by atoms with Crippen molar-refractivity contribution in [1.82, 2.24) is 10.2 Å². The molecule has 1 N–H and O–H groups in total. The summed E-state index contributed by atoms with van der Waals surface area (Å²) in [7, 11) is 0. The summed E-state index contributed by atoms with van der Waals surface area (Å²) in [5, 5.41) is 3.42. The Kier molecular flexibility index (Phi) is 5.28. The van der Waals surface area contributed by atoms with Gasteiger partial charge in [0.25, 0.3) is 0 Å². The van der Waals surface area contributed by atoms with Crippen LogP contribution in [0.1, 0.15) is 23.1 Å². The fourth-order valence-corrected chi connectivity index (χ4v) is 3.59. The van der Waals surface area contributed by atoms with Crippen LogP contribution in [0, 0.1) is 25.7 Å². The maximum absolute atomic E-state index is 12.3. The third-order valence-corrected chi connectivity index (χ3v) is 4.85. The van der Waals surface area contributed by atoms with Gasteiger partial charge in [0, 0.05) is 32.6 Å². The molecule has 3 nitrogen and oxygen atoms in total. The summed E-state index contributed by atoms with van der Waals surface area (Å²) in [5.74, 6) is 1.72. The number of hydrogen-bond donors (Lipinski definition) is 1. The Bertz CT molecular complexity index is 506. The number of fused-ring (bicyclic) bond motifs is 1. The van der Waals surface area contributed by atoms with E-state index >= 15 is 0 Å². The average molecular weight is 309 g/mol. The van der Waals surface area contributed by atoms with Crippen molar-refractivity contribution in [2.24, 2.45) is 11.8 Å². The van der Waals surface area contributed by atoms with Crippen molar-refractivity contribution in [2.75, 3.05) is 26.2 Å². The number of carbonyl (C=O) groups is 1. The zero-order chi connectivity index (χ0) is 14.1. The maximum Gasteiger partial charge on any atom is 0.222 e. The van der Waals surface area contributed by atoms with E-state index in [4.69, 9.17) is 0 Å². The molecule has 1 aromatic rings. The Morgan fingerprint density at radius 1 is 1.24 bits per heavy atom. The minimum atomic E-state index is 0. The Hall–Kier alpha value is -1.06. The quantitative estimate of drug-likeness (QED) is 0.929. The van der Waals surface area contributed by atoms with Crippen molar-refractivity contribution >= 4 is 18.3 Å². The lowest BCUT2D eigenvalue weighted by Gasteiger charge is -2.17. The maximum atomic E-state index is 12.3. The van der Waals surface area contributed by atoms with Gasteiger partial charge in [-0.3, -0.25) is 4.79 Å². The molecule has 0 bridgehead atoms. The minimum absolute atomic E-state index is 0. The highest BCUT2D eigenvalue weighted by atomic mass is 35.5. The third kappa shape index (κ3) is 3.58. The molecule has 2 aliphatic rings. The van der Waals surface area contributed by atoms with Gasteiger partial charge in [0.05, 0.1) is 0 Å². The van der Waals surface area contributed by atoms with Gasteiger partial charge >= 0.3 is 0 Å². The van der Waals surface area contributed by atoms with Crippen LogP contribution in [-0.4, -0.2) is 37.0 Å². The smallest absolute Gasteiger partial charge is 0.222 e. The van der Waals surface area contributed by atoms with Gasteiger partial charge < -0.3 is 10.2 Å². The lowest BCUT2D eigenvalue weighted by Crippen LogP contribution is -2.32. The molecule has 0 radical (unpaired) electrons. The molecule has 116 valence electrons. The fraction of sp³-hybridized carbons (Fsp3) is 0.588. The Labute approximate surface area is 133 Å². The summed E-state index contributed by atoms with van der Waals surface area (Å²) < 4.78 is 0. The van der Waals surface area contributed by atoms with Crippen LogP contribution in [0.2, 0.25) is 0 Å². The number of likely N-dealkylation sites (tertiary alicyclic amines) is 1. The van der Waals surface area contributed by atoms with E-state index in [0.29, 0.717) is 24.2 Å². The fourth-order valence-electron chi connectivity index (χ4n) is 3.59. The average Bonchev–Trinajstić information content (AvgIpc) is 2.98. The predicted octanol–water partition coefficient (Wildman–Crippen LogP) is 2.34. The summed E-state index contributed by atoms with van der Waals surface area (Å²) >= 11 is 0. The molecule has 2 heterocycles. The van der Waals surface area contributed by atoms with Crippen LogP contribution in [-0.2, 0) is 11.2 Å². The molecule has 0 aromatic heterocycles. The van der Waals surface area contributed by atoms with E-state index in [2.05, 4.69) is 42.3 Å². The molecule has 3 rings (SSSR count). The van der Waals surface area contributed by atoms with Crippen LogP contribution in [0.4, 0.5) is 0 Å². The highest BCUT2D eigenvalue weighted by Gasteiger charge is 2.37. The summed E-state index contributed by atoms with van der Waals surface area (Å²) in [5.41, 5.74) is 3.91. The Morgan fingerprint density at radius 2 is 1.90 bits per heavy atom. The van der Waals surface area contributed by atoms with Crippen LogP contribution in [0.3, 0.4) is 0 Å². The second kappa shape index (κ2) is 6.80. The van der Waals surface area contributed by atoms with E-state index in [0.717, 1.165) is 32.6 Å². The molecular formula is C17H25ClN2O. The van der Waals surface area contributed by atoms with E-state index < -0.39 is 0 Å². The molecule has 21 heavy (non-hydrogen) atoms. The van der Waals surface area contributed by atoms with Crippen molar-refractivity contribution in [3.8, 4) is 0 Å². The minimum Gasteiger partial charge on any atom is -0.342 e. The number of halogens is 1. The highest BCUT2D eigenvalue weighted by molar-refractivity contribution is 5.85. The van der Waals surface area contributed by atoms with Gasteiger partial charge in [0.1, 0.15) is 0 Å². The number of amides is 1. The molecule has 2 fully saturated rings. The van der Waals surface area contributed by atoms with Crippen molar-refractivity contribution in [3.05, 3.63) is 34.9 Å². The van der Waals surface area contributed by atoms with Gasteiger partial charge in [-0.05, 0) is 43.2 Å². The first-order valence-corrected chi connectivity index (χ1v) is 7.68. The van der Waals surface area contributed by atoms with Crippen molar-refractivity contribution < 1.29 is 4.79 Å².